The van der Waals surface area contributed by atoms with Gasteiger partial charge in [-0.25, -0.2) is 9.78 Å². The summed E-state index contributed by atoms with van der Waals surface area (Å²) in [4.78, 5) is 27.1. The third-order valence-electron chi connectivity index (χ3n) is 3.30. The number of rotatable bonds is 6. The minimum absolute atomic E-state index is 0.0148. The van der Waals surface area contributed by atoms with Gasteiger partial charge in [0.2, 0.25) is 5.88 Å². The van der Waals surface area contributed by atoms with Crippen LogP contribution in [0.5, 0.6) is 5.88 Å². The van der Waals surface area contributed by atoms with Crippen LogP contribution in [0, 0.1) is 11.3 Å². The summed E-state index contributed by atoms with van der Waals surface area (Å²) in [5.41, 5.74) is 6.89. The van der Waals surface area contributed by atoms with E-state index in [1.807, 2.05) is 6.07 Å². The van der Waals surface area contributed by atoms with Crippen molar-refractivity contribution >= 4 is 17.6 Å². The smallest absolute Gasteiger partial charge is 0.335 e. The van der Waals surface area contributed by atoms with Gasteiger partial charge in [-0.2, -0.15) is 5.26 Å². The number of nitrogens with zero attached hydrogens (tertiary/aromatic N) is 2. The number of ether oxygens (including phenoxy) is 1. The van der Waals surface area contributed by atoms with Crippen LogP contribution in [0.4, 0.5) is 5.69 Å². The Bertz CT molecular complexity index is 841. The lowest BCUT2D eigenvalue weighted by Crippen LogP contribution is -2.24. The quantitative estimate of drug-likeness (QED) is 0.725. The highest BCUT2D eigenvalue weighted by Crippen LogP contribution is 2.22. The molecule has 0 saturated carbocycles. The zero-order valence-corrected chi connectivity index (χ0v) is 13.4. The summed E-state index contributed by atoms with van der Waals surface area (Å²) in [6, 6.07) is 9.33. The Morgan fingerprint density at radius 2 is 2.04 bits per heavy atom. The number of amides is 1. The number of aromatic carboxylic acids is 1. The van der Waals surface area contributed by atoms with Gasteiger partial charge in [-0.3, -0.25) is 4.79 Å². The van der Waals surface area contributed by atoms with Crippen LogP contribution in [0.3, 0.4) is 0 Å². The molecule has 0 unspecified atom stereocenters. The first kappa shape index (κ1) is 17.7. The number of carboxylic acids is 1. The average molecular weight is 340 g/mol. The Labute approximate surface area is 143 Å². The molecule has 0 atom stereocenters. The molecule has 25 heavy (non-hydrogen) atoms. The minimum Gasteiger partial charge on any atom is -0.478 e. The molecule has 1 aromatic carbocycles. The second kappa shape index (κ2) is 7.79. The van der Waals surface area contributed by atoms with Gasteiger partial charge in [0, 0.05) is 6.54 Å². The summed E-state index contributed by atoms with van der Waals surface area (Å²) in [5, 5.41) is 20.6. The number of nitriles is 1. The van der Waals surface area contributed by atoms with Crippen LogP contribution in [-0.4, -0.2) is 28.6 Å². The second-order valence-corrected chi connectivity index (χ2v) is 5.01. The average Bonchev–Trinajstić information content (AvgIpc) is 2.60. The van der Waals surface area contributed by atoms with Gasteiger partial charge >= 0.3 is 5.97 Å². The summed E-state index contributed by atoms with van der Waals surface area (Å²) in [6.07, 6.45) is 0. The Hall–Kier alpha value is -3.60. The van der Waals surface area contributed by atoms with Crippen LogP contribution >= 0.6 is 0 Å². The molecule has 0 saturated heterocycles. The Morgan fingerprint density at radius 1 is 1.36 bits per heavy atom. The molecule has 0 bridgehead atoms. The van der Waals surface area contributed by atoms with Gasteiger partial charge in [0.05, 0.1) is 17.9 Å². The van der Waals surface area contributed by atoms with Gasteiger partial charge in [-0.1, -0.05) is 12.1 Å². The molecule has 2 rings (SSSR count). The fourth-order valence-corrected chi connectivity index (χ4v) is 2.05. The largest absolute Gasteiger partial charge is 0.478 e. The molecule has 1 amide bonds. The number of hydrogen-bond acceptors (Lipinski definition) is 6. The van der Waals surface area contributed by atoms with Gasteiger partial charge in [0.1, 0.15) is 17.3 Å². The maximum absolute atomic E-state index is 12.2. The number of benzene rings is 1. The highest BCUT2D eigenvalue weighted by molar-refractivity contribution is 5.93. The standard InChI is InChI=1S/C17H16N4O4/c1-2-25-16-12(8-18)13(19)7-14(21-16)15(22)20-9-10-3-5-11(6-4-10)17(23)24/h3-7H,2,9H2,1H3,(H2,19,21)(H,20,22)(H,23,24). The summed E-state index contributed by atoms with van der Waals surface area (Å²) in [5.74, 6) is -1.49. The summed E-state index contributed by atoms with van der Waals surface area (Å²) < 4.78 is 5.25. The van der Waals surface area contributed by atoms with E-state index in [2.05, 4.69) is 10.3 Å². The number of nitrogens with one attached hydrogen (secondary N) is 1. The van der Waals surface area contributed by atoms with Crippen molar-refractivity contribution in [1.29, 1.82) is 5.26 Å². The van der Waals surface area contributed by atoms with Crippen LogP contribution in [0.15, 0.2) is 30.3 Å². The SMILES string of the molecule is CCOc1nc(C(=O)NCc2ccc(C(=O)O)cc2)cc(N)c1C#N. The van der Waals surface area contributed by atoms with Crippen LogP contribution in [0.2, 0.25) is 0 Å². The molecule has 1 heterocycles. The molecule has 0 fully saturated rings. The maximum Gasteiger partial charge on any atom is 0.335 e. The number of carbonyl (C=O) groups excluding carboxylic acids is 1. The van der Waals surface area contributed by atoms with E-state index in [9.17, 15) is 9.59 Å². The normalized spacial score (nSPS) is 9.92. The molecule has 8 nitrogen and oxygen atoms in total. The van der Waals surface area contributed by atoms with Crippen LogP contribution in [-0.2, 0) is 6.54 Å². The number of pyridine rings is 1. The molecule has 0 spiro atoms. The fraction of sp³-hybridized carbons (Fsp3) is 0.176. The molecule has 2 aromatic rings. The van der Waals surface area contributed by atoms with E-state index in [4.69, 9.17) is 20.8 Å². The van der Waals surface area contributed by atoms with E-state index >= 15 is 0 Å². The molecule has 0 aliphatic rings. The van der Waals surface area contributed by atoms with Crippen molar-refractivity contribution in [3.05, 3.63) is 52.7 Å². The van der Waals surface area contributed by atoms with E-state index in [0.717, 1.165) is 5.56 Å². The predicted molar refractivity (Wildman–Crippen MR) is 89.1 cm³/mol. The van der Waals surface area contributed by atoms with Crippen molar-refractivity contribution in [2.24, 2.45) is 0 Å². The Kier molecular flexibility index (Phi) is 5.53. The van der Waals surface area contributed by atoms with E-state index in [1.54, 1.807) is 19.1 Å². The van der Waals surface area contributed by atoms with Crippen molar-refractivity contribution in [3.8, 4) is 11.9 Å². The molecule has 0 radical (unpaired) electrons. The van der Waals surface area contributed by atoms with E-state index in [-0.39, 0.29) is 41.5 Å². The Balaban J connectivity index is 2.12. The van der Waals surface area contributed by atoms with Crippen molar-refractivity contribution < 1.29 is 19.4 Å². The molecule has 1 aromatic heterocycles. The second-order valence-electron chi connectivity index (χ2n) is 5.01. The first-order valence-corrected chi connectivity index (χ1v) is 7.40. The topological polar surface area (TPSA) is 138 Å². The van der Waals surface area contributed by atoms with Crippen molar-refractivity contribution in [2.75, 3.05) is 12.3 Å². The van der Waals surface area contributed by atoms with Crippen molar-refractivity contribution in [2.45, 2.75) is 13.5 Å². The number of hydrogen-bond donors (Lipinski definition) is 3. The Morgan fingerprint density at radius 3 is 2.60 bits per heavy atom. The third kappa shape index (κ3) is 4.23. The van der Waals surface area contributed by atoms with Gasteiger partial charge in [-0.15, -0.1) is 0 Å². The van der Waals surface area contributed by atoms with Crippen LogP contribution < -0.4 is 15.8 Å². The summed E-state index contributed by atoms with van der Waals surface area (Å²) in [7, 11) is 0. The number of anilines is 1. The highest BCUT2D eigenvalue weighted by atomic mass is 16.5. The molecular formula is C17H16N4O4. The summed E-state index contributed by atoms with van der Waals surface area (Å²) >= 11 is 0. The minimum atomic E-state index is -1.02. The molecule has 8 heteroatoms. The molecule has 0 aliphatic heterocycles. The van der Waals surface area contributed by atoms with Gasteiger partial charge in [0.25, 0.3) is 5.91 Å². The van der Waals surface area contributed by atoms with Gasteiger partial charge in [-0.05, 0) is 30.7 Å². The van der Waals surface area contributed by atoms with Crippen molar-refractivity contribution in [3.63, 3.8) is 0 Å². The summed E-state index contributed by atoms with van der Waals surface area (Å²) in [6.45, 7) is 2.19. The van der Waals surface area contributed by atoms with E-state index in [1.165, 1.54) is 18.2 Å². The molecule has 128 valence electrons. The van der Waals surface area contributed by atoms with E-state index < -0.39 is 11.9 Å². The first-order valence-electron chi connectivity index (χ1n) is 7.40. The number of nitrogen functional groups attached to an aromatic ring is 1. The highest BCUT2D eigenvalue weighted by Gasteiger charge is 2.16. The lowest BCUT2D eigenvalue weighted by molar-refractivity contribution is 0.0696. The number of aromatic nitrogens is 1. The third-order valence-corrected chi connectivity index (χ3v) is 3.30. The van der Waals surface area contributed by atoms with E-state index in [0.29, 0.717) is 0 Å². The molecule has 4 N–H and O–H groups in total. The van der Waals surface area contributed by atoms with Crippen molar-refractivity contribution in [1.82, 2.24) is 10.3 Å². The lowest BCUT2D eigenvalue weighted by atomic mass is 10.1. The molecular weight excluding hydrogens is 324 g/mol. The molecule has 0 aliphatic carbocycles. The van der Waals surface area contributed by atoms with Crippen LogP contribution in [0.25, 0.3) is 0 Å². The fourth-order valence-electron chi connectivity index (χ4n) is 2.05. The maximum atomic E-state index is 12.2. The zero-order valence-electron chi connectivity index (χ0n) is 13.4. The number of carbonyl (C=O) groups is 2. The monoisotopic (exact) mass is 340 g/mol. The number of carboxylic acid groups (broad SMARTS) is 1. The first-order chi connectivity index (χ1) is 12.0. The van der Waals surface area contributed by atoms with Gasteiger partial charge in [0.15, 0.2) is 0 Å². The zero-order chi connectivity index (χ0) is 18.4. The lowest BCUT2D eigenvalue weighted by Gasteiger charge is -2.10. The van der Waals surface area contributed by atoms with Gasteiger partial charge < -0.3 is 20.9 Å². The van der Waals surface area contributed by atoms with Crippen LogP contribution in [0.1, 0.15) is 38.9 Å². The predicted octanol–water partition coefficient (Wildman–Crippen LogP) is 1.56. The number of nitrogens with two attached hydrogens (primary N) is 1.